The number of hydrogen-bond acceptors (Lipinski definition) is 5. The molecular weight excluding hydrogens is 390 g/mol. The van der Waals surface area contributed by atoms with Gasteiger partial charge in [0.25, 0.3) is 5.91 Å². The second-order valence-electron chi connectivity index (χ2n) is 5.64. The molecule has 7 nitrogen and oxygen atoms in total. The largest absolute Gasteiger partial charge is 0.496 e. The lowest BCUT2D eigenvalue weighted by Crippen LogP contribution is -2.44. The minimum absolute atomic E-state index is 0.0855. The van der Waals surface area contributed by atoms with Crippen LogP contribution in [0.2, 0.25) is 5.02 Å². The molecule has 3 rings (SSSR count). The van der Waals surface area contributed by atoms with Crippen LogP contribution in [0, 0.1) is 0 Å². The van der Waals surface area contributed by atoms with E-state index in [1.165, 1.54) is 24.9 Å². The number of rotatable bonds is 4. The highest BCUT2D eigenvalue weighted by Crippen LogP contribution is 2.36. The molecule has 3 amide bonds. The molecule has 2 aromatic carbocycles. The lowest BCUT2D eigenvalue weighted by molar-refractivity contribution is -0.124. The Hall–Kier alpha value is -2.71. The van der Waals surface area contributed by atoms with Gasteiger partial charge in [-0.05, 0) is 30.3 Å². The summed E-state index contributed by atoms with van der Waals surface area (Å²) in [7, 11) is 1.43. The van der Waals surface area contributed by atoms with E-state index in [0.717, 1.165) is 10.6 Å². The monoisotopic (exact) mass is 405 g/mol. The van der Waals surface area contributed by atoms with E-state index < -0.39 is 17.1 Å². The van der Waals surface area contributed by atoms with Crippen molar-refractivity contribution in [2.45, 2.75) is 16.6 Å². The van der Waals surface area contributed by atoms with Gasteiger partial charge >= 0.3 is 0 Å². The van der Waals surface area contributed by atoms with Crippen molar-refractivity contribution in [3.05, 3.63) is 53.1 Å². The molecule has 27 heavy (non-hydrogen) atoms. The minimum Gasteiger partial charge on any atom is -0.496 e. The van der Waals surface area contributed by atoms with Gasteiger partial charge in [0.2, 0.25) is 11.8 Å². The smallest absolute Gasteiger partial charge is 0.273 e. The number of nitrogens with one attached hydrogen (secondary N) is 3. The molecule has 0 aliphatic carbocycles. The maximum Gasteiger partial charge on any atom is 0.273 e. The Morgan fingerprint density at radius 2 is 2.00 bits per heavy atom. The zero-order valence-electron chi connectivity index (χ0n) is 14.2. The molecule has 1 heterocycles. The summed E-state index contributed by atoms with van der Waals surface area (Å²) in [5, 5.41) is 2.55. The third-order valence-corrected chi connectivity index (χ3v) is 5.31. The number of hydrogen-bond donors (Lipinski definition) is 3. The van der Waals surface area contributed by atoms with Gasteiger partial charge in [-0.1, -0.05) is 23.7 Å². The van der Waals surface area contributed by atoms with Crippen LogP contribution in [0.4, 0.5) is 5.69 Å². The molecule has 0 radical (unpaired) electrons. The lowest BCUT2D eigenvalue weighted by atomic mass is 10.2. The number of hydrazine groups is 1. The second kappa shape index (κ2) is 8.32. The Labute approximate surface area is 164 Å². The zero-order chi connectivity index (χ0) is 19.4. The first kappa shape index (κ1) is 19.1. The van der Waals surface area contributed by atoms with Gasteiger partial charge in [-0.2, -0.15) is 0 Å². The Kier molecular flexibility index (Phi) is 5.88. The number of thioether (sulfide) groups is 1. The van der Waals surface area contributed by atoms with Gasteiger partial charge in [0.1, 0.15) is 5.75 Å². The summed E-state index contributed by atoms with van der Waals surface area (Å²) >= 11 is 7.21. The SMILES string of the molecule is COc1ccc(Cl)cc1C(=O)NNC(=O)C[C@@H]1Sc2ccccc2NC1=O. The zero-order valence-corrected chi connectivity index (χ0v) is 15.8. The van der Waals surface area contributed by atoms with Gasteiger partial charge < -0.3 is 10.1 Å². The summed E-state index contributed by atoms with van der Waals surface area (Å²) < 4.78 is 5.11. The Morgan fingerprint density at radius 3 is 2.78 bits per heavy atom. The lowest BCUT2D eigenvalue weighted by Gasteiger charge is -2.23. The van der Waals surface area contributed by atoms with Crippen molar-refractivity contribution in [1.29, 1.82) is 0 Å². The molecule has 0 saturated carbocycles. The van der Waals surface area contributed by atoms with Crippen molar-refractivity contribution in [1.82, 2.24) is 10.9 Å². The molecule has 1 aliphatic rings. The van der Waals surface area contributed by atoms with E-state index >= 15 is 0 Å². The normalized spacial score (nSPS) is 15.3. The third-order valence-electron chi connectivity index (χ3n) is 3.80. The summed E-state index contributed by atoms with van der Waals surface area (Å²) in [5.41, 5.74) is 5.53. The van der Waals surface area contributed by atoms with E-state index in [9.17, 15) is 14.4 Å². The average Bonchev–Trinajstić information content (AvgIpc) is 2.66. The molecule has 1 atom stereocenters. The van der Waals surface area contributed by atoms with E-state index in [1.807, 2.05) is 18.2 Å². The fraction of sp³-hybridized carbons (Fsp3) is 0.167. The summed E-state index contributed by atoms with van der Waals surface area (Å²) in [5.74, 6) is -0.994. The van der Waals surface area contributed by atoms with Crippen molar-refractivity contribution < 1.29 is 19.1 Å². The number of methoxy groups -OCH3 is 1. The van der Waals surface area contributed by atoms with Crippen molar-refractivity contribution >= 4 is 46.8 Å². The summed E-state index contributed by atoms with van der Waals surface area (Å²) in [4.78, 5) is 37.4. The number of para-hydroxylation sites is 1. The average molecular weight is 406 g/mol. The number of carbonyl (C=O) groups is 3. The first-order valence-corrected chi connectivity index (χ1v) is 9.23. The predicted molar refractivity (Wildman–Crippen MR) is 103 cm³/mol. The Balaban J connectivity index is 1.58. The second-order valence-corrected chi connectivity index (χ2v) is 7.32. The van der Waals surface area contributed by atoms with E-state index in [-0.39, 0.29) is 17.9 Å². The molecular formula is C18H16ClN3O4S. The standard InChI is InChI=1S/C18H16ClN3O4S/c1-26-13-7-6-10(19)8-11(13)17(24)22-21-16(23)9-15-18(25)20-12-4-2-3-5-14(12)27-15/h2-8,15H,9H2,1H3,(H,20,25)(H,21,23)(H,22,24)/t15-/m0/s1. The van der Waals surface area contributed by atoms with Gasteiger partial charge in [0.15, 0.2) is 0 Å². The summed E-state index contributed by atoms with van der Waals surface area (Å²) in [6.07, 6.45) is -0.0855. The number of halogens is 1. The maximum atomic E-state index is 12.3. The molecule has 0 aromatic heterocycles. The molecule has 0 unspecified atom stereocenters. The van der Waals surface area contributed by atoms with Crippen LogP contribution >= 0.6 is 23.4 Å². The van der Waals surface area contributed by atoms with Crippen LogP contribution in [0.15, 0.2) is 47.4 Å². The molecule has 0 saturated heterocycles. The van der Waals surface area contributed by atoms with E-state index in [1.54, 1.807) is 18.2 Å². The molecule has 2 aromatic rings. The van der Waals surface area contributed by atoms with Crippen LogP contribution in [0.1, 0.15) is 16.8 Å². The van der Waals surface area contributed by atoms with Crippen LogP contribution < -0.4 is 20.9 Å². The number of carbonyl (C=O) groups excluding carboxylic acids is 3. The number of amides is 3. The van der Waals surface area contributed by atoms with E-state index in [0.29, 0.717) is 10.8 Å². The van der Waals surface area contributed by atoms with Gasteiger partial charge in [-0.15, -0.1) is 11.8 Å². The first-order valence-electron chi connectivity index (χ1n) is 7.97. The van der Waals surface area contributed by atoms with Crippen LogP contribution in [0.3, 0.4) is 0 Å². The van der Waals surface area contributed by atoms with Crippen molar-refractivity contribution in [3.63, 3.8) is 0 Å². The van der Waals surface area contributed by atoms with Gasteiger partial charge in [0.05, 0.1) is 23.6 Å². The number of ether oxygens (including phenoxy) is 1. The minimum atomic E-state index is -0.586. The molecule has 0 bridgehead atoms. The molecule has 9 heteroatoms. The maximum absolute atomic E-state index is 12.3. The highest BCUT2D eigenvalue weighted by molar-refractivity contribution is 8.01. The summed E-state index contributed by atoms with van der Waals surface area (Å²) in [6.45, 7) is 0. The van der Waals surface area contributed by atoms with Crippen molar-refractivity contribution in [3.8, 4) is 5.75 Å². The van der Waals surface area contributed by atoms with Crippen LogP contribution in [0.5, 0.6) is 5.75 Å². The number of fused-ring (bicyclic) bond motifs is 1. The molecule has 1 aliphatic heterocycles. The molecule has 0 spiro atoms. The van der Waals surface area contributed by atoms with E-state index in [4.69, 9.17) is 16.3 Å². The van der Waals surface area contributed by atoms with Crippen molar-refractivity contribution in [2.24, 2.45) is 0 Å². The Bertz CT molecular complexity index is 906. The first-order chi connectivity index (χ1) is 13.0. The topological polar surface area (TPSA) is 96.5 Å². The molecule has 140 valence electrons. The van der Waals surface area contributed by atoms with E-state index in [2.05, 4.69) is 16.2 Å². The van der Waals surface area contributed by atoms with Gasteiger partial charge in [-0.3, -0.25) is 25.2 Å². The fourth-order valence-electron chi connectivity index (χ4n) is 2.50. The highest BCUT2D eigenvalue weighted by atomic mass is 35.5. The predicted octanol–water partition coefficient (Wildman–Crippen LogP) is 2.61. The molecule has 3 N–H and O–H groups in total. The Morgan fingerprint density at radius 1 is 1.22 bits per heavy atom. The number of benzene rings is 2. The third kappa shape index (κ3) is 4.53. The van der Waals surface area contributed by atoms with Gasteiger partial charge in [-0.25, -0.2) is 0 Å². The van der Waals surface area contributed by atoms with Crippen molar-refractivity contribution in [2.75, 3.05) is 12.4 Å². The van der Waals surface area contributed by atoms with Crippen LogP contribution in [-0.2, 0) is 9.59 Å². The summed E-state index contributed by atoms with van der Waals surface area (Å²) in [6, 6.07) is 11.9. The number of anilines is 1. The molecule has 0 fully saturated rings. The van der Waals surface area contributed by atoms with Crippen LogP contribution in [-0.4, -0.2) is 30.1 Å². The van der Waals surface area contributed by atoms with Crippen LogP contribution in [0.25, 0.3) is 0 Å². The fourth-order valence-corrected chi connectivity index (χ4v) is 3.78. The highest BCUT2D eigenvalue weighted by Gasteiger charge is 2.29. The van der Waals surface area contributed by atoms with Gasteiger partial charge in [0, 0.05) is 16.3 Å². The quantitative estimate of drug-likeness (QED) is 0.679.